The van der Waals surface area contributed by atoms with Crippen LogP contribution in [0, 0.1) is 10.1 Å². The molecule has 0 saturated carbocycles. The van der Waals surface area contributed by atoms with E-state index in [9.17, 15) is 23.3 Å². The molecule has 1 fully saturated rings. The van der Waals surface area contributed by atoms with Crippen molar-refractivity contribution < 1.29 is 22.9 Å². The minimum Gasteiger partial charge on any atom is -0.378 e. The van der Waals surface area contributed by atoms with Crippen molar-refractivity contribution in [1.82, 2.24) is 4.90 Å². The van der Waals surface area contributed by atoms with Gasteiger partial charge < -0.3 is 9.64 Å². The number of nitrogens with zero attached hydrogens (tertiary/aromatic N) is 2. The molecule has 1 amide bonds. The molecule has 0 aliphatic carbocycles. The molecule has 12 heteroatoms. The number of carbonyl (C=O) groups excluding carboxylic acids is 1. The number of benzene rings is 2. The Morgan fingerprint density at radius 2 is 1.83 bits per heavy atom. The third kappa shape index (κ3) is 4.78. The van der Waals surface area contributed by atoms with Gasteiger partial charge in [0, 0.05) is 24.2 Å². The maximum absolute atomic E-state index is 12.8. The van der Waals surface area contributed by atoms with Gasteiger partial charge in [0.2, 0.25) is 0 Å². The average molecular weight is 460 g/mol. The van der Waals surface area contributed by atoms with Crippen LogP contribution in [0.15, 0.2) is 41.3 Å². The molecule has 154 valence electrons. The average Bonchev–Trinajstić information content (AvgIpc) is 2.68. The lowest BCUT2D eigenvalue weighted by atomic mass is 10.1. The van der Waals surface area contributed by atoms with Crippen LogP contribution >= 0.6 is 23.2 Å². The lowest BCUT2D eigenvalue weighted by molar-refractivity contribution is -0.384. The number of nitro groups is 1. The maximum Gasteiger partial charge on any atom is 0.289 e. The fraction of sp³-hybridized carbons (Fsp3) is 0.235. The normalized spacial score (nSPS) is 14.5. The summed E-state index contributed by atoms with van der Waals surface area (Å²) in [5, 5.41) is 11.1. The van der Waals surface area contributed by atoms with E-state index in [-0.39, 0.29) is 32.1 Å². The Labute approximate surface area is 176 Å². The molecule has 0 aromatic heterocycles. The summed E-state index contributed by atoms with van der Waals surface area (Å²) in [7, 11) is -4.26. The molecule has 29 heavy (non-hydrogen) atoms. The summed E-state index contributed by atoms with van der Waals surface area (Å²) in [5.74, 6) is -0.384. The summed E-state index contributed by atoms with van der Waals surface area (Å²) in [4.78, 5) is 24.3. The second kappa shape index (κ2) is 8.54. The van der Waals surface area contributed by atoms with Crippen molar-refractivity contribution in [1.29, 1.82) is 0 Å². The van der Waals surface area contributed by atoms with Crippen molar-refractivity contribution in [2.24, 2.45) is 0 Å². The van der Waals surface area contributed by atoms with Crippen LogP contribution in [0.2, 0.25) is 10.0 Å². The first kappa shape index (κ1) is 21.3. The molecule has 2 aromatic rings. The smallest absolute Gasteiger partial charge is 0.289 e. The number of nitro benzene ring substituents is 1. The highest BCUT2D eigenvalue weighted by Gasteiger charge is 2.25. The number of hydrogen-bond acceptors (Lipinski definition) is 6. The number of halogens is 2. The molecular weight excluding hydrogens is 445 g/mol. The molecule has 0 spiro atoms. The Hall–Kier alpha value is -2.40. The summed E-state index contributed by atoms with van der Waals surface area (Å²) >= 11 is 11.7. The first-order valence-electron chi connectivity index (χ1n) is 8.32. The third-order valence-electron chi connectivity index (χ3n) is 4.18. The summed E-state index contributed by atoms with van der Waals surface area (Å²) < 4.78 is 33.1. The van der Waals surface area contributed by atoms with Crippen molar-refractivity contribution in [3.63, 3.8) is 0 Å². The molecule has 0 atom stereocenters. The summed E-state index contributed by atoms with van der Waals surface area (Å²) in [5.41, 5.74) is -0.486. The van der Waals surface area contributed by atoms with E-state index in [1.807, 2.05) is 0 Å². The Morgan fingerprint density at radius 3 is 2.48 bits per heavy atom. The van der Waals surface area contributed by atoms with Crippen LogP contribution in [-0.2, 0) is 14.8 Å². The number of amides is 1. The zero-order valence-electron chi connectivity index (χ0n) is 14.8. The Morgan fingerprint density at radius 1 is 1.14 bits per heavy atom. The van der Waals surface area contributed by atoms with Gasteiger partial charge in [0.25, 0.3) is 21.6 Å². The number of nitrogens with one attached hydrogen (secondary N) is 1. The van der Waals surface area contributed by atoms with Gasteiger partial charge in [-0.25, -0.2) is 8.42 Å². The van der Waals surface area contributed by atoms with Gasteiger partial charge in [-0.2, -0.15) is 0 Å². The van der Waals surface area contributed by atoms with Crippen LogP contribution in [0.4, 0.5) is 11.4 Å². The fourth-order valence-electron chi connectivity index (χ4n) is 2.73. The Bertz CT molecular complexity index is 1070. The summed E-state index contributed by atoms with van der Waals surface area (Å²) in [6.45, 7) is 1.51. The number of rotatable bonds is 5. The molecule has 0 radical (unpaired) electrons. The van der Waals surface area contributed by atoms with E-state index in [1.165, 1.54) is 23.1 Å². The summed E-state index contributed by atoms with van der Waals surface area (Å²) in [6.07, 6.45) is 0. The van der Waals surface area contributed by atoms with Gasteiger partial charge in [0.1, 0.15) is 5.02 Å². The van der Waals surface area contributed by atoms with E-state index in [2.05, 4.69) is 4.72 Å². The van der Waals surface area contributed by atoms with Gasteiger partial charge in [-0.15, -0.1) is 0 Å². The molecule has 9 nitrogen and oxygen atoms in total. The van der Waals surface area contributed by atoms with Gasteiger partial charge in [-0.1, -0.05) is 23.2 Å². The lowest BCUT2D eigenvalue weighted by Crippen LogP contribution is -2.41. The van der Waals surface area contributed by atoms with Gasteiger partial charge in [-0.3, -0.25) is 19.6 Å². The highest BCUT2D eigenvalue weighted by Crippen LogP contribution is 2.30. The molecule has 1 heterocycles. The van der Waals surface area contributed by atoms with Crippen molar-refractivity contribution in [2.45, 2.75) is 4.90 Å². The highest BCUT2D eigenvalue weighted by molar-refractivity contribution is 7.92. The third-order valence-corrected chi connectivity index (χ3v) is 6.10. The molecular formula is C17H15Cl2N3O6S. The summed E-state index contributed by atoms with van der Waals surface area (Å²) in [6, 6.07) is 7.29. The number of hydrogen-bond donors (Lipinski definition) is 1. The van der Waals surface area contributed by atoms with Crippen LogP contribution in [0.5, 0.6) is 0 Å². The molecule has 0 bridgehead atoms. The monoisotopic (exact) mass is 459 g/mol. The van der Waals surface area contributed by atoms with E-state index in [0.717, 1.165) is 18.2 Å². The zero-order valence-corrected chi connectivity index (χ0v) is 17.1. The topological polar surface area (TPSA) is 119 Å². The van der Waals surface area contributed by atoms with Crippen LogP contribution in [0.3, 0.4) is 0 Å². The molecule has 0 unspecified atom stereocenters. The fourth-order valence-corrected chi connectivity index (χ4v) is 4.18. The molecule has 2 aromatic carbocycles. The standard InChI is InChI=1S/C17H15Cl2N3O6S/c18-11-1-3-13(17(23)21-5-7-28-8-6-21)15(9-11)20-29(26,27)12-2-4-14(19)16(10-12)22(24)25/h1-4,9-10,20H,5-8H2. The minimum atomic E-state index is -4.26. The van der Waals surface area contributed by atoms with E-state index in [0.29, 0.717) is 26.3 Å². The first-order chi connectivity index (χ1) is 13.7. The lowest BCUT2D eigenvalue weighted by Gasteiger charge is -2.27. The van der Waals surface area contributed by atoms with Gasteiger partial charge in [-0.05, 0) is 30.3 Å². The van der Waals surface area contributed by atoms with Crippen molar-refractivity contribution in [2.75, 3.05) is 31.0 Å². The number of sulfonamides is 1. The quantitative estimate of drug-likeness (QED) is 0.541. The van der Waals surface area contributed by atoms with E-state index in [1.54, 1.807) is 0 Å². The second-order valence-corrected chi connectivity index (χ2v) is 8.60. The van der Waals surface area contributed by atoms with Crippen LogP contribution in [-0.4, -0.2) is 50.5 Å². The number of carbonyl (C=O) groups is 1. The SMILES string of the molecule is O=C(c1ccc(Cl)cc1NS(=O)(=O)c1ccc(Cl)c([N+](=O)[O-])c1)N1CCOCC1. The molecule has 3 rings (SSSR count). The molecule has 1 aliphatic rings. The van der Waals surface area contributed by atoms with Crippen molar-refractivity contribution in [3.05, 3.63) is 62.1 Å². The van der Waals surface area contributed by atoms with Gasteiger partial charge in [0.15, 0.2) is 0 Å². The zero-order chi connectivity index (χ0) is 21.2. The van der Waals surface area contributed by atoms with Crippen molar-refractivity contribution >= 4 is 50.5 Å². The number of anilines is 1. The van der Waals surface area contributed by atoms with Crippen molar-refractivity contribution in [3.8, 4) is 0 Å². The molecule has 1 aliphatic heterocycles. The van der Waals surface area contributed by atoms with E-state index < -0.39 is 20.6 Å². The highest BCUT2D eigenvalue weighted by atomic mass is 35.5. The molecule has 1 N–H and O–H groups in total. The van der Waals surface area contributed by atoms with Gasteiger partial charge in [0.05, 0.1) is 34.3 Å². The minimum absolute atomic E-state index is 0.0356. The number of morpholine rings is 1. The van der Waals surface area contributed by atoms with E-state index in [4.69, 9.17) is 27.9 Å². The predicted octanol–water partition coefficient (Wildman–Crippen LogP) is 3.17. The van der Waals surface area contributed by atoms with Gasteiger partial charge >= 0.3 is 0 Å². The second-order valence-electron chi connectivity index (χ2n) is 6.07. The Balaban J connectivity index is 1.97. The Kier molecular flexibility index (Phi) is 6.27. The maximum atomic E-state index is 12.8. The van der Waals surface area contributed by atoms with E-state index >= 15 is 0 Å². The number of ether oxygens (including phenoxy) is 1. The van der Waals surface area contributed by atoms with Crippen LogP contribution < -0.4 is 4.72 Å². The predicted molar refractivity (Wildman–Crippen MR) is 107 cm³/mol. The van der Waals surface area contributed by atoms with Crippen LogP contribution in [0.25, 0.3) is 0 Å². The largest absolute Gasteiger partial charge is 0.378 e. The first-order valence-corrected chi connectivity index (χ1v) is 10.6. The van der Waals surface area contributed by atoms with Crippen LogP contribution in [0.1, 0.15) is 10.4 Å². The molecule has 1 saturated heterocycles.